The van der Waals surface area contributed by atoms with E-state index >= 15 is 0 Å². The lowest BCUT2D eigenvalue weighted by Crippen LogP contribution is -2.47. The second-order valence-corrected chi connectivity index (χ2v) is 6.18. The monoisotopic (exact) mass is 311 g/mol. The molecule has 1 aliphatic heterocycles. The van der Waals surface area contributed by atoms with E-state index in [2.05, 4.69) is 40.3 Å². The number of piperazine rings is 1. The van der Waals surface area contributed by atoms with E-state index in [0.29, 0.717) is 12.0 Å². The molecule has 23 heavy (non-hydrogen) atoms. The Hall–Kier alpha value is -1.91. The molecule has 3 rings (SSSR count). The summed E-state index contributed by atoms with van der Waals surface area (Å²) in [6.07, 6.45) is 3.83. The van der Waals surface area contributed by atoms with Gasteiger partial charge >= 0.3 is 0 Å². The van der Waals surface area contributed by atoms with Gasteiger partial charge in [-0.25, -0.2) is 0 Å². The van der Waals surface area contributed by atoms with E-state index < -0.39 is 0 Å². The van der Waals surface area contributed by atoms with Crippen LogP contribution in [0.1, 0.15) is 30.0 Å². The third-order valence-electron chi connectivity index (χ3n) is 4.62. The molecule has 2 atom stereocenters. The average Bonchev–Trinajstić information content (AvgIpc) is 2.63. The molecule has 2 heterocycles. The molecule has 1 N–H and O–H groups in total. The summed E-state index contributed by atoms with van der Waals surface area (Å²) in [6.45, 7) is 6.45. The summed E-state index contributed by atoms with van der Waals surface area (Å²) in [7, 11) is 1.71. The Morgan fingerprint density at radius 3 is 2.83 bits per heavy atom. The number of hydrogen-bond donors (Lipinski definition) is 1. The van der Waals surface area contributed by atoms with Crippen LogP contribution in [0.4, 0.5) is 0 Å². The zero-order valence-corrected chi connectivity index (χ0v) is 13.9. The van der Waals surface area contributed by atoms with Gasteiger partial charge in [0.1, 0.15) is 5.75 Å². The zero-order valence-electron chi connectivity index (χ0n) is 13.9. The molecule has 4 nitrogen and oxygen atoms in total. The van der Waals surface area contributed by atoms with Crippen molar-refractivity contribution in [3.8, 4) is 5.75 Å². The van der Waals surface area contributed by atoms with Gasteiger partial charge in [-0.3, -0.25) is 9.88 Å². The van der Waals surface area contributed by atoms with Crippen molar-refractivity contribution in [1.29, 1.82) is 0 Å². The molecule has 1 saturated heterocycles. The Bertz CT molecular complexity index is 600. The number of pyridine rings is 1. The number of rotatable bonds is 5. The van der Waals surface area contributed by atoms with Gasteiger partial charge in [-0.05, 0) is 35.2 Å². The first-order valence-electron chi connectivity index (χ1n) is 8.26. The number of nitrogens with zero attached hydrogens (tertiary/aromatic N) is 2. The minimum absolute atomic E-state index is 0.401. The van der Waals surface area contributed by atoms with Crippen LogP contribution in [-0.4, -0.2) is 43.2 Å². The molecule has 1 aromatic heterocycles. The van der Waals surface area contributed by atoms with Gasteiger partial charge in [-0.2, -0.15) is 0 Å². The van der Waals surface area contributed by atoms with E-state index in [1.165, 1.54) is 11.1 Å². The lowest BCUT2D eigenvalue weighted by molar-refractivity contribution is 0.154. The zero-order chi connectivity index (χ0) is 16.1. The van der Waals surface area contributed by atoms with Crippen molar-refractivity contribution in [1.82, 2.24) is 15.2 Å². The molecule has 122 valence electrons. The number of methoxy groups -OCH3 is 1. The van der Waals surface area contributed by atoms with Crippen LogP contribution in [0.15, 0.2) is 48.8 Å². The Balaban J connectivity index is 1.71. The van der Waals surface area contributed by atoms with E-state index in [0.717, 1.165) is 31.9 Å². The van der Waals surface area contributed by atoms with Crippen molar-refractivity contribution in [3.63, 3.8) is 0 Å². The molecule has 0 bridgehead atoms. The summed E-state index contributed by atoms with van der Waals surface area (Å²) in [5.41, 5.74) is 2.65. The predicted molar refractivity (Wildman–Crippen MR) is 92.8 cm³/mol. The van der Waals surface area contributed by atoms with Crippen LogP contribution < -0.4 is 10.1 Å². The average molecular weight is 311 g/mol. The maximum atomic E-state index is 5.25. The van der Waals surface area contributed by atoms with Gasteiger partial charge < -0.3 is 10.1 Å². The fourth-order valence-electron chi connectivity index (χ4n) is 3.26. The van der Waals surface area contributed by atoms with E-state index in [1.54, 1.807) is 7.11 Å². The Morgan fingerprint density at radius 1 is 1.30 bits per heavy atom. The summed E-state index contributed by atoms with van der Waals surface area (Å²) in [5, 5.41) is 3.51. The van der Waals surface area contributed by atoms with E-state index in [-0.39, 0.29) is 0 Å². The second-order valence-electron chi connectivity index (χ2n) is 6.18. The first-order chi connectivity index (χ1) is 11.3. The van der Waals surface area contributed by atoms with E-state index in [9.17, 15) is 0 Å². The van der Waals surface area contributed by atoms with Gasteiger partial charge in [-0.15, -0.1) is 0 Å². The summed E-state index contributed by atoms with van der Waals surface area (Å²) in [5.74, 6) is 1.40. The van der Waals surface area contributed by atoms with Crippen molar-refractivity contribution >= 4 is 0 Å². The van der Waals surface area contributed by atoms with Gasteiger partial charge in [0.15, 0.2) is 0 Å². The van der Waals surface area contributed by atoms with Gasteiger partial charge in [-0.1, -0.05) is 25.1 Å². The lowest BCUT2D eigenvalue weighted by atomic mass is 9.97. The highest BCUT2D eigenvalue weighted by atomic mass is 16.5. The summed E-state index contributed by atoms with van der Waals surface area (Å²) < 4.78 is 5.25. The molecule has 0 aliphatic carbocycles. The Morgan fingerprint density at radius 2 is 2.13 bits per heavy atom. The van der Waals surface area contributed by atoms with Crippen molar-refractivity contribution in [3.05, 3.63) is 59.9 Å². The summed E-state index contributed by atoms with van der Waals surface area (Å²) in [4.78, 5) is 6.85. The predicted octanol–water partition coefficient (Wildman–Crippen LogP) is 2.84. The quantitative estimate of drug-likeness (QED) is 0.921. The standard InChI is InChI=1S/C19H25N3O/c1-15(16-5-7-18(23-2)8-6-16)14-22-11-10-21-13-19(22)17-4-3-9-20-12-17/h3-9,12,15,19,21H,10-11,13-14H2,1-2H3. The van der Waals surface area contributed by atoms with Crippen molar-refractivity contribution in [2.75, 3.05) is 33.3 Å². The smallest absolute Gasteiger partial charge is 0.118 e. The first-order valence-corrected chi connectivity index (χ1v) is 8.26. The van der Waals surface area contributed by atoms with Crippen LogP contribution in [0.2, 0.25) is 0 Å². The first kappa shape index (κ1) is 16.0. The molecule has 0 radical (unpaired) electrons. The van der Waals surface area contributed by atoms with Crippen molar-refractivity contribution < 1.29 is 4.74 Å². The molecular weight excluding hydrogens is 286 g/mol. The molecule has 1 fully saturated rings. The largest absolute Gasteiger partial charge is 0.497 e. The third-order valence-corrected chi connectivity index (χ3v) is 4.62. The van der Waals surface area contributed by atoms with Crippen LogP contribution >= 0.6 is 0 Å². The SMILES string of the molecule is COc1ccc(C(C)CN2CCNCC2c2cccnc2)cc1. The summed E-state index contributed by atoms with van der Waals surface area (Å²) in [6, 6.07) is 13.0. The van der Waals surface area contributed by atoms with Gasteiger partial charge in [0.05, 0.1) is 7.11 Å². The van der Waals surface area contributed by atoms with E-state index in [1.807, 2.05) is 30.6 Å². The Kier molecular flexibility index (Phi) is 5.26. The molecule has 4 heteroatoms. The number of hydrogen-bond acceptors (Lipinski definition) is 4. The highest BCUT2D eigenvalue weighted by Gasteiger charge is 2.25. The Labute approximate surface area is 138 Å². The van der Waals surface area contributed by atoms with Crippen LogP contribution in [0.5, 0.6) is 5.75 Å². The topological polar surface area (TPSA) is 37.4 Å². The maximum absolute atomic E-state index is 5.25. The molecule has 1 aromatic carbocycles. The number of nitrogens with one attached hydrogen (secondary N) is 1. The van der Waals surface area contributed by atoms with Crippen molar-refractivity contribution in [2.45, 2.75) is 18.9 Å². The minimum atomic E-state index is 0.401. The number of ether oxygens (including phenoxy) is 1. The van der Waals surface area contributed by atoms with Crippen molar-refractivity contribution in [2.24, 2.45) is 0 Å². The molecule has 0 amide bonds. The van der Waals surface area contributed by atoms with Gasteiger partial charge in [0, 0.05) is 44.6 Å². The van der Waals surface area contributed by atoms with Gasteiger partial charge in [0.25, 0.3) is 0 Å². The highest BCUT2D eigenvalue weighted by Crippen LogP contribution is 2.26. The number of benzene rings is 1. The highest BCUT2D eigenvalue weighted by molar-refractivity contribution is 5.29. The third kappa shape index (κ3) is 3.89. The molecular formula is C19H25N3O. The second kappa shape index (κ2) is 7.57. The minimum Gasteiger partial charge on any atom is -0.497 e. The van der Waals surface area contributed by atoms with Crippen LogP contribution in [0, 0.1) is 0 Å². The fraction of sp³-hybridized carbons (Fsp3) is 0.421. The molecule has 2 aromatic rings. The van der Waals surface area contributed by atoms with Gasteiger partial charge in [0.2, 0.25) is 0 Å². The lowest BCUT2D eigenvalue weighted by Gasteiger charge is -2.38. The molecule has 0 saturated carbocycles. The van der Waals surface area contributed by atoms with E-state index in [4.69, 9.17) is 4.74 Å². The van der Waals surface area contributed by atoms with Crippen LogP contribution in [-0.2, 0) is 0 Å². The molecule has 0 spiro atoms. The maximum Gasteiger partial charge on any atom is 0.118 e. The van der Waals surface area contributed by atoms with Crippen LogP contribution in [0.3, 0.4) is 0 Å². The normalized spacial score (nSPS) is 20.2. The number of aromatic nitrogens is 1. The van der Waals surface area contributed by atoms with Crippen LogP contribution in [0.25, 0.3) is 0 Å². The molecule has 1 aliphatic rings. The summed E-state index contributed by atoms with van der Waals surface area (Å²) >= 11 is 0. The fourth-order valence-corrected chi connectivity index (χ4v) is 3.26. The molecule has 2 unspecified atom stereocenters.